The number of hydrogen-bond donors (Lipinski definition) is 1. The molecule has 0 radical (unpaired) electrons. The molecule has 0 fully saturated rings. The fraction of sp³-hybridized carbons (Fsp3) is 0.625. The summed E-state index contributed by atoms with van der Waals surface area (Å²) < 4.78 is 28.1. The van der Waals surface area contributed by atoms with Crippen LogP contribution in [0.25, 0.3) is 0 Å². The maximum absolute atomic E-state index is 11.7. The molecule has 0 aromatic carbocycles. The molecule has 0 aliphatic carbocycles. The van der Waals surface area contributed by atoms with E-state index in [-0.39, 0.29) is 19.0 Å². The van der Waals surface area contributed by atoms with Gasteiger partial charge in [-0.25, -0.2) is 13.8 Å². The van der Waals surface area contributed by atoms with Gasteiger partial charge < -0.3 is 9.84 Å². The first-order valence-electron chi connectivity index (χ1n) is 4.00. The molecule has 0 aromatic heterocycles. The summed E-state index contributed by atoms with van der Waals surface area (Å²) in [7, 11) is 0. The van der Waals surface area contributed by atoms with Crippen LogP contribution in [0, 0.1) is 0 Å². The first-order chi connectivity index (χ1) is 6.56. The van der Waals surface area contributed by atoms with E-state index >= 15 is 0 Å². The predicted octanol–water partition coefficient (Wildman–Crippen LogP) is 1.21. The highest BCUT2D eigenvalue weighted by molar-refractivity contribution is 6.26. The highest BCUT2D eigenvalue weighted by Crippen LogP contribution is 2.20. The molecule has 1 N–H and O–H groups in total. The van der Waals surface area contributed by atoms with Gasteiger partial charge in [-0.2, -0.15) is 0 Å². The smallest absolute Gasteiger partial charge is 0.272 e. The zero-order chi connectivity index (χ0) is 10.6. The maximum atomic E-state index is 11.7. The van der Waals surface area contributed by atoms with Gasteiger partial charge in [0.05, 0.1) is 13.2 Å². The van der Waals surface area contributed by atoms with E-state index in [0.717, 1.165) is 0 Å². The molecule has 0 aromatic rings. The van der Waals surface area contributed by atoms with Crippen LogP contribution in [-0.2, 0) is 4.74 Å². The first kappa shape index (κ1) is 11.4. The molecule has 1 rings (SSSR count). The van der Waals surface area contributed by atoms with Gasteiger partial charge in [0.15, 0.2) is 6.61 Å². The molecule has 14 heavy (non-hydrogen) atoms. The van der Waals surface area contributed by atoms with Gasteiger partial charge in [-0.1, -0.05) is 6.08 Å². The summed E-state index contributed by atoms with van der Waals surface area (Å²) in [6.45, 7) is -0.811. The van der Waals surface area contributed by atoms with Gasteiger partial charge in [0.25, 0.3) is 6.43 Å². The zero-order valence-corrected chi connectivity index (χ0v) is 8.05. The van der Waals surface area contributed by atoms with E-state index < -0.39 is 17.9 Å². The third-order valence-corrected chi connectivity index (χ3v) is 2.01. The van der Waals surface area contributed by atoms with Crippen LogP contribution >= 0.6 is 11.6 Å². The van der Waals surface area contributed by atoms with Crippen LogP contribution in [0.2, 0.25) is 0 Å². The van der Waals surface area contributed by atoms with Gasteiger partial charge in [0.1, 0.15) is 4.87 Å². The van der Waals surface area contributed by atoms with Crippen LogP contribution < -0.4 is 0 Å². The van der Waals surface area contributed by atoms with Gasteiger partial charge in [0.2, 0.25) is 5.90 Å². The Morgan fingerprint density at radius 2 is 2.43 bits per heavy atom. The average Bonchev–Trinajstić information content (AvgIpc) is 2.17. The second-order valence-corrected chi connectivity index (χ2v) is 3.64. The molecule has 0 saturated heterocycles. The van der Waals surface area contributed by atoms with E-state index in [1.54, 1.807) is 0 Å². The number of nitrogens with zero attached hydrogens (tertiary/aromatic N) is 1. The molecule has 0 spiro atoms. The van der Waals surface area contributed by atoms with Crippen molar-refractivity contribution in [2.75, 3.05) is 19.8 Å². The zero-order valence-electron chi connectivity index (χ0n) is 7.29. The largest absolute Gasteiger partial charge is 0.472 e. The van der Waals surface area contributed by atoms with Crippen molar-refractivity contribution in [2.24, 2.45) is 4.99 Å². The van der Waals surface area contributed by atoms with E-state index in [9.17, 15) is 8.78 Å². The highest BCUT2D eigenvalue weighted by Gasteiger charge is 2.26. The molecule has 6 heteroatoms. The first-order valence-corrected chi connectivity index (χ1v) is 4.38. The summed E-state index contributed by atoms with van der Waals surface area (Å²) in [5.41, 5.74) is 0. The average molecular weight is 226 g/mol. The van der Waals surface area contributed by atoms with Crippen LogP contribution in [0.5, 0.6) is 0 Å². The van der Waals surface area contributed by atoms with Gasteiger partial charge in [-0.15, -0.1) is 11.6 Å². The second kappa shape index (κ2) is 4.70. The van der Waals surface area contributed by atoms with Gasteiger partial charge in [-0.05, 0) is 6.08 Å². The number of ether oxygens (including phenoxy) is 1. The van der Waals surface area contributed by atoms with E-state index in [2.05, 4.69) is 9.73 Å². The topological polar surface area (TPSA) is 41.8 Å². The summed E-state index contributed by atoms with van der Waals surface area (Å²) in [5.74, 6) is 0.120. The van der Waals surface area contributed by atoms with Crippen molar-refractivity contribution in [2.45, 2.75) is 11.3 Å². The molecule has 1 unspecified atom stereocenters. The molecule has 0 bridgehead atoms. The summed E-state index contributed by atoms with van der Waals surface area (Å²) in [6, 6.07) is 0. The Morgan fingerprint density at radius 3 is 2.86 bits per heavy atom. The number of aliphatic hydroxyl groups excluding tert-OH is 1. The molecular weight excluding hydrogens is 216 g/mol. The van der Waals surface area contributed by atoms with Crippen LogP contribution in [0.3, 0.4) is 0 Å². The fourth-order valence-electron chi connectivity index (χ4n) is 0.880. The third-order valence-electron chi connectivity index (χ3n) is 1.64. The minimum absolute atomic E-state index is 0.120. The second-order valence-electron chi connectivity index (χ2n) is 2.88. The third kappa shape index (κ3) is 3.23. The Bertz CT molecular complexity index is 258. The van der Waals surface area contributed by atoms with Crippen LogP contribution in [-0.4, -0.2) is 42.1 Å². The van der Waals surface area contributed by atoms with E-state index in [1.165, 1.54) is 12.2 Å². The van der Waals surface area contributed by atoms with Gasteiger partial charge in [0, 0.05) is 0 Å². The molecule has 1 atom stereocenters. The monoisotopic (exact) mass is 225 g/mol. The van der Waals surface area contributed by atoms with Crippen molar-refractivity contribution in [1.29, 1.82) is 0 Å². The molecule has 1 aliphatic rings. The van der Waals surface area contributed by atoms with Crippen molar-refractivity contribution in [3.8, 4) is 0 Å². The predicted molar refractivity (Wildman–Crippen MR) is 49.1 cm³/mol. The van der Waals surface area contributed by atoms with E-state index in [4.69, 9.17) is 16.7 Å². The number of rotatable bonds is 3. The number of aliphatic hydroxyl groups is 1. The molecule has 0 saturated carbocycles. The summed E-state index contributed by atoms with van der Waals surface area (Å²) in [6.07, 6.45) is 0.351. The number of alkyl halides is 3. The Hall–Kier alpha value is -0.680. The molecule has 0 amide bonds. The quantitative estimate of drug-likeness (QED) is 0.734. The normalized spacial score (nSPS) is 26.5. The number of halogens is 3. The lowest BCUT2D eigenvalue weighted by molar-refractivity contribution is 0.0765. The van der Waals surface area contributed by atoms with Crippen molar-refractivity contribution >= 4 is 17.5 Å². The molecular formula is C8H10ClF2NO2. The van der Waals surface area contributed by atoms with Crippen LogP contribution in [0.1, 0.15) is 0 Å². The number of hydrogen-bond acceptors (Lipinski definition) is 3. The van der Waals surface area contributed by atoms with E-state index in [1.807, 2.05) is 0 Å². The Balaban J connectivity index is 2.43. The number of aliphatic imine (C=N–C) groups is 1. The Morgan fingerprint density at radius 1 is 1.71 bits per heavy atom. The Kier molecular flexibility index (Phi) is 3.83. The summed E-state index contributed by atoms with van der Waals surface area (Å²) in [4.78, 5) is 2.89. The van der Waals surface area contributed by atoms with Crippen LogP contribution in [0.15, 0.2) is 17.1 Å². The summed E-state index contributed by atoms with van der Waals surface area (Å²) >= 11 is 5.84. The summed E-state index contributed by atoms with van der Waals surface area (Å²) in [5, 5.41) is 8.84. The minimum Gasteiger partial charge on any atom is -0.472 e. The highest BCUT2D eigenvalue weighted by atomic mass is 35.5. The van der Waals surface area contributed by atoms with Crippen molar-refractivity contribution in [1.82, 2.24) is 0 Å². The maximum Gasteiger partial charge on any atom is 0.272 e. The lowest BCUT2D eigenvalue weighted by atomic mass is 10.1. The van der Waals surface area contributed by atoms with Gasteiger partial charge in [-0.3, -0.25) is 0 Å². The van der Waals surface area contributed by atoms with E-state index in [0.29, 0.717) is 0 Å². The van der Waals surface area contributed by atoms with Gasteiger partial charge >= 0.3 is 0 Å². The van der Waals surface area contributed by atoms with Crippen LogP contribution in [0.4, 0.5) is 8.78 Å². The Labute approximate surface area is 85.0 Å². The molecule has 3 nitrogen and oxygen atoms in total. The minimum atomic E-state index is -2.52. The van der Waals surface area contributed by atoms with Crippen molar-refractivity contribution in [3.63, 3.8) is 0 Å². The fourth-order valence-corrected chi connectivity index (χ4v) is 1.00. The number of dihydropyridines is 1. The molecule has 1 aliphatic heterocycles. The molecule has 80 valence electrons. The lowest BCUT2D eigenvalue weighted by Crippen LogP contribution is -2.31. The molecule has 1 heterocycles. The van der Waals surface area contributed by atoms with Crippen molar-refractivity contribution < 1.29 is 18.6 Å². The van der Waals surface area contributed by atoms with Crippen molar-refractivity contribution in [3.05, 3.63) is 12.2 Å². The lowest BCUT2D eigenvalue weighted by Gasteiger charge is -2.21. The standard InChI is InChI=1S/C8H10ClF2NO2/c9-8(5-13)2-1-7(12-4-8)14-3-6(10)11/h1-2,6,13H,3-5H2. The SMILES string of the molecule is OCC1(Cl)C=CC(OCC(F)F)=NC1.